The molecule has 0 unspecified atom stereocenters. The summed E-state index contributed by atoms with van der Waals surface area (Å²) in [6, 6.07) is 3.89. The summed E-state index contributed by atoms with van der Waals surface area (Å²) in [5.74, 6) is 0. The van der Waals surface area contributed by atoms with E-state index in [0.717, 1.165) is 6.07 Å². The summed E-state index contributed by atoms with van der Waals surface area (Å²) < 4.78 is 48.5. The van der Waals surface area contributed by atoms with Gasteiger partial charge in [0.25, 0.3) is 0 Å². The second-order valence-electron chi connectivity index (χ2n) is 4.24. The quantitative estimate of drug-likeness (QED) is 0.784. The van der Waals surface area contributed by atoms with Crippen LogP contribution in [0.4, 0.5) is 24.5 Å². The number of hydrogen-bond donors (Lipinski definition) is 1. The fourth-order valence-corrected chi connectivity index (χ4v) is 1.76. The van der Waals surface area contributed by atoms with Crippen molar-refractivity contribution in [3.05, 3.63) is 23.8 Å². The minimum atomic E-state index is -4.46. The Balaban J connectivity index is 3.00. The van der Waals surface area contributed by atoms with Gasteiger partial charge < -0.3 is 20.1 Å². The molecule has 0 saturated heterocycles. The zero-order chi connectivity index (χ0) is 15.2. The molecule has 0 bridgehead atoms. The predicted molar refractivity (Wildman–Crippen MR) is 71.8 cm³/mol. The average molecular weight is 292 g/mol. The first-order valence-corrected chi connectivity index (χ1v) is 6.09. The molecule has 0 atom stereocenters. The van der Waals surface area contributed by atoms with E-state index in [1.807, 2.05) is 0 Å². The van der Waals surface area contributed by atoms with E-state index >= 15 is 0 Å². The van der Waals surface area contributed by atoms with Crippen LogP contribution in [0.3, 0.4) is 0 Å². The maximum Gasteiger partial charge on any atom is 0.418 e. The van der Waals surface area contributed by atoms with Crippen molar-refractivity contribution >= 4 is 11.4 Å². The minimum absolute atomic E-state index is 0.278. The molecule has 0 amide bonds. The lowest BCUT2D eigenvalue weighted by molar-refractivity contribution is -0.136. The van der Waals surface area contributed by atoms with Gasteiger partial charge in [-0.3, -0.25) is 0 Å². The standard InChI is InChI=1S/C13H19F3N2O2/c1-19-7-5-18(6-8-20-2)10-3-4-12(17)11(9-10)13(14,15)16/h3-4,9H,5-8,17H2,1-2H3. The molecule has 0 aliphatic heterocycles. The summed E-state index contributed by atoms with van der Waals surface area (Å²) in [6.07, 6.45) is -4.46. The van der Waals surface area contributed by atoms with E-state index in [1.165, 1.54) is 6.07 Å². The third-order valence-electron chi connectivity index (χ3n) is 2.84. The Labute approximate surface area is 116 Å². The lowest BCUT2D eigenvalue weighted by Gasteiger charge is -2.25. The molecule has 114 valence electrons. The van der Waals surface area contributed by atoms with E-state index in [4.69, 9.17) is 15.2 Å². The van der Waals surface area contributed by atoms with Gasteiger partial charge in [-0.05, 0) is 18.2 Å². The fraction of sp³-hybridized carbons (Fsp3) is 0.538. The molecule has 1 aromatic rings. The van der Waals surface area contributed by atoms with Crippen LogP contribution in [-0.4, -0.2) is 40.5 Å². The largest absolute Gasteiger partial charge is 0.418 e. The van der Waals surface area contributed by atoms with Crippen molar-refractivity contribution < 1.29 is 22.6 Å². The summed E-state index contributed by atoms with van der Waals surface area (Å²) in [5, 5.41) is 0. The molecule has 20 heavy (non-hydrogen) atoms. The van der Waals surface area contributed by atoms with Gasteiger partial charge in [0.15, 0.2) is 0 Å². The molecule has 4 nitrogen and oxygen atoms in total. The first kappa shape index (κ1) is 16.6. The van der Waals surface area contributed by atoms with Crippen LogP contribution in [0.1, 0.15) is 5.56 Å². The second-order valence-corrected chi connectivity index (χ2v) is 4.24. The highest BCUT2D eigenvalue weighted by Gasteiger charge is 2.33. The van der Waals surface area contributed by atoms with Gasteiger partial charge in [-0.1, -0.05) is 0 Å². The van der Waals surface area contributed by atoms with Crippen molar-refractivity contribution in [2.45, 2.75) is 6.18 Å². The van der Waals surface area contributed by atoms with E-state index < -0.39 is 11.7 Å². The maximum atomic E-state index is 12.8. The number of methoxy groups -OCH3 is 2. The van der Waals surface area contributed by atoms with Crippen LogP contribution in [-0.2, 0) is 15.7 Å². The zero-order valence-electron chi connectivity index (χ0n) is 11.5. The first-order chi connectivity index (χ1) is 9.40. The molecular formula is C13H19F3N2O2. The number of alkyl halides is 3. The SMILES string of the molecule is COCCN(CCOC)c1ccc(N)c(C(F)(F)F)c1. The molecule has 0 radical (unpaired) electrons. The number of hydrogen-bond acceptors (Lipinski definition) is 4. The third kappa shape index (κ3) is 4.57. The molecular weight excluding hydrogens is 273 g/mol. The lowest BCUT2D eigenvalue weighted by atomic mass is 10.1. The van der Waals surface area contributed by atoms with Crippen LogP contribution in [0.25, 0.3) is 0 Å². The number of nitrogens with zero attached hydrogens (tertiary/aromatic N) is 1. The number of halogens is 3. The molecule has 0 fully saturated rings. The molecule has 0 heterocycles. The van der Waals surface area contributed by atoms with Gasteiger partial charge in [-0.2, -0.15) is 13.2 Å². The Kier molecular flexibility index (Phi) is 6.09. The molecule has 7 heteroatoms. The maximum absolute atomic E-state index is 12.8. The van der Waals surface area contributed by atoms with E-state index in [9.17, 15) is 13.2 Å². The highest BCUT2D eigenvalue weighted by molar-refractivity contribution is 5.59. The third-order valence-corrected chi connectivity index (χ3v) is 2.84. The average Bonchev–Trinajstić information content (AvgIpc) is 2.38. The van der Waals surface area contributed by atoms with E-state index in [0.29, 0.717) is 32.0 Å². The van der Waals surface area contributed by atoms with Gasteiger partial charge in [0.05, 0.1) is 18.8 Å². The Morgan fingerprint density at radius 3 is 2.10 bits per heavy atom. The Morgan fingerprint density at radius 1 is 1.10 bits per heavy atom. The number of benzene rings is 1. The topological polar surface area (TPSA) is 47.7 Å². The molecule has 1 rings (SSSR count). The molecule has 0 aliphatic rings. The smallest absolute Gasteiger partial charge is 0.398 e. The summed E-state index contributed by atoms with van der Waals surface area (Å²) >= 11 is 0. The van der Waals surface area contributed by atoms with E-state index in [-0.39, 0.29) is 5.69 Å². The van der Waals surface area contributed by atoms with Gasteiger partial charge >= 0.3 is 6.18 Å². The second kappa shape index (κ2) is 7.35. The van der Waals surface area contributed by atoms with Gasteiger partial charge in [-0.25, -0.2) is 0 Å². The Bertz CT molecular complexity index is 417. The van der Waals surface area contributed by atoms with Crippen LogP contribution in [0, 0.1) is 0 Å². The molecule has 1 aromatic carbocycles. The Morgan fingerprint density at radius 2 is 1.65 bits per heavy atom. The highest BCUT2D eigenvalue weighted by Crippen LogP contribution is 2.35. The summed E-state index contributed by atoms with van der Waals surface area (Å²) in [4.78, 5) is 1.77. The van der Waals surface area contributed by atoms with E-state index in [2.05, 4.69) is 0 Å². The van der Waals surface area contributed by atoms with E-state index in [1.54, 1.807) is 25.2 Å². The van der Waals surface area contributed by atoms with Crippen molar-refractivity contribution in [2.75, 3.05) is 51.2 Å². The summed E-state index contributed by atoms with van der Waals surface area (Å²) in [6.45, 7) is 1.77. The lowest BCUT2D eigenvalue weighted by Crippen LogP contribution is -2.31. The number of ether oxygens (including phenoxy) is 2. The minimum Gasteiger partial charge on any atom is -0.398 e. The van der Waals surface area contributed by atoms with Crippen LogP contribution >= 0.6 is 0 Å². The first-order valence-electron chi connectivity index (χ1n) is 6.09. The molecule has 0 aliphatic carbocycles. The van der Waals surface area contributed by atoms with Crippen molar-refractivity contribution in [2.24, 2.45) is 0 Å². The number of nitrogens with two attached hydrogens (primary N) is 1. The van der Waals surface area contributed by atoms with Crippen molar-refractivity contribution in [3.8, 4) is 0 Å². The predicted octanol–water partition coefficient (Wildman–Crippen LogP) is 2.39. The fourth-order valence-electron chi connectivity index (χ4n) is 1.76. The molecule has 0 saturated carbocycles. The Hall–Kier alpha value is -1.47. The molecule has 0 aromatic heterocycles. The van der Waals surface area contributed by atoms with Crippen LogP contribution < -0.4 is 10.6 Å². The van der Waals surface area contributed by atoms with Crippen LogP contribution in [0.5, 0.6) is 0 Å². The van der Waals surface area contributed by atoms with Crippen molar-refractivity contribution in [1.82, 2.24) is 0 Å². The summed E-state index contributed by atoms with van der Waals surface area (Å²) in [5.41, 5.74) is 4.73. The number of rotatable bonds is 7. The number of nitrogen functional groups attached to an aromatic ring is 1. The molecule has 2 N–H and O–H groups in total. The van der Waals surface area contributed by atoms with Crippen molar-refractivity contribution in [1.29, 1.82) is 0 Å². The van der Waals surface area contributed by atoms with Gasteiger partial charge in [0, 0.05) is 38.7 Å². The van der Waals surface area contributed by atoms with Crippen LogP contribution in [0.2, 0.25) is 0 Å². The van der Waals surface area contributed by atoms with Crippen LogP contribution in [0.15, 0.2) is 18.2 Å². The monoisotopic (exact) mass is 292 g/mol. The normalized spacial score (nSPS) is 11.7. The van der Waals surface area contributed by atoms with Crippen molar-refractivity contribution in [3.63, 3.8) is 0 Å². The van der Waals surface area contributed by atoms with Gasteiger partial charge in [0.1, 0.15) is 0 Å². The van der Waals surface area contributed by atoms with Gasteiger partial charge in [-0.15, -0.1) is 0 Å². The number of anilines is 2. The molecule has 0 spiro atoms. The highest BCUT2D eigenvalue weighted by atomic mass is 19.4. The zero-order valence-corrected chi connectivity index (χ0v) is 11.5. The van der Waals surface area contributed by atoms with Gasteiger partial charge in [0.2, 0.25) is 0 Å². The summed E-state index contributed by atoms with van der Waals surface area (Å²) in [7, 11) is 3.08.